The molecule has 0 saturated heterocycles. The summed E-state index contributed by atoms with van der Waals surface area (Å²) in [6, 6.07) is 4.74. The highest BCUT2D eigenvalue weighted by Crippen LogP contribution is 2.13. The summed E-state index contributed by atoms with van der Waals surface area (Å²) in [6.45, 7) is 2.27. The van der Waals surface area contributed by atoms with Crippen molar-refractivity contribution in [3.8, 4) is 0 Å². The summed E-state index contributed by atoms with van der Waals surface area (Å²) in [5, 5.41) is 3.42. The zero-order chi connectivity index (χ0) is 14.6. The summed E-state index contributed by atoms with van der Waals surface area (Å²) in [5.74, 6) is 0. The van der Waals surface area contributed by atoms with Gasteiger partial charge in [-0.25, -0.2) is 0 Å². The molecule has 0 aliphatic heterocycles. The Balaban J connectivity index is 2.14. The molecule has 0 radical (unpaired) electrons. The van der Waals surface area contributed by atoms with Crippen LogP contribution < -0.4 is 5.32 Å². The second-order valence-corrected chi connectivity index (χ2v) is 6.48. The first-order chi connectivity index (χ1) is 9.76. The van der Waals surface area contributed by atoms with Crippen LogP contribution in [-0.4, -0.2) is 18.1 Å². The van der Waals surface area contributed by atoms with Crippen molar-refractivity contribution in [3.05, 3.63) is 28.5 Å². The molecule has 1 aromatic rings. The fourth-order valence-electron chi connectivity index (χ4n) is 2.48. The van der Waals surface area contributed by atoms with Crippen LogP contribution in [0.3, 0.4) is 0 Å². The highest BCUT2D eigenvalue weighted by Gasteiger charge is 2.07. The molecule has 1 atom stereocenters. The van der Waals surface area contributed by atoms with Crippen LogP contribution in [0.15, 0.2) is 22.8 Å². The molecule has 114 valence electrons. The number of unbranched alkanes of at least 4 members (excludes halogenated alkanes) is 6. The lowest BCUT2D eigenvalue weighted by molar-refractivity contribution is 0.475. The van der Waals surface area contributed by atoms with Crippen LogP contribution in [0.2, 0.25) is 0 Å². The zero-order valence-corrected chi connectivity index (χ0v) is 14.6. The van der Waals surface area contributed by atoms with E-state index in [0.29, 0.717) is 6.04 Å². The normalized spacial score (nSPS) is 12.6. The van der Waals surface area contributed by atoms with Crippen molar-refractivity contribution in [2.24, 2.45) is 0 Å². The third kappa shape index (κ3) is 8.01. The average Bonchev–Trinajstić information content (AvgIpc) is 2.47. The highest BCUT2D eigenvalue weighted by molar-refractivity contribution is 9.10. The standard InChI is InChI=1S/C17H29BrN2/c1-3-4-5-6-7-8-9-10-16(19-2)13-17-12-11-15(18)14-20-17/h11-12,14,16,19H,3-10,13H2,1-2H3. The molecule has 1 unspecified atom stereocenters. The van der Waals surface area contributed by atoms with E-state index in [-0.39, 0.29) is 0 Å². The van der Waals surface area contributed by atoms with Crippen LogP contribution in [0.25, 0.3) is 0 Å². The van der Waals surface area contributed by atoms with Gasteiger partial charge in [-0.2, -0.15) is 0 Å². The van der Waals surface area contributed by atoms with Gasteiger partial charge in [0.2, 0.25) is 0 Å². The maximum absolute atomic E-state index is 4.46. The van der Waals surface area contributed by atoms with Gasteiger partial charge in [-0.05, 0) is 41.5 Å². The van der Waals surface area contributed by atoms with Gasteiger partial charge in [-0.1, -0.05) is 51.9 Å². The van der Waals surface area contributed by atoms with Gasteiger partial charge in [0.05, 0.1) is 0 Å². The number of nitrogens with zero attached hydrogens (tertiary/aromatic N) is 1. The monoisotopic (exact) mass is 340 g/mol. The second kappa shape index (κ2) is 11.3. The lowest BCUT2D eigenvalue weighted by Crippen LogP contribution is -2.27. The molecule has 0 fully saturated rings. The summed E-state index contributed by atoms with van der Waals surface area (Å²) >= 11 is 3.43. The number of rotatable bonds is 11. The fraction of sp³-hybridized carbons (Fsp3) is 0.706. The molecule has 20 heavy (non-hydrogen) atoms. The van der Waals surface area contributed by atoms with Gasteiger partial charge in [0.25, 0.3) is 0 Å². The topological polar surface area (TPSA) is 24.9 Å². The predicted molar refractivity (Wildman–Crippen MR) is 91.1 cm³/mol. The van der Waals surface area contributed by atoms with Crippen molar-refractivity contribution in [1.82, 2.24) is 10.3 Å². The van der Waals surface area contributed by atoms with Gasteiger partial charge in [-0.3, -0.25) is 4.98 Å². The van der Waals surface area contributed by atoms with E-state index in [9.17, 15) is 0 Å². The first-order valence-electron chi connectivity index (χ1n) is 8.04. The maximum Gasteiger partial charge on any atom is 0.0419 e. The van der Waals surface area contributed by atoms with Crippen molar-refractivity contribution in [2.75, 3.05) is 7.05 Å². The summed E-state index contributed by atoms with van der Waals surface area (Å²) in [7, 11) is 2.06. The molecule has 0 bridgehead atoms. The van der Waals surface area contributed by atoms with Crippen molar-refractivity contribution >= 4 is 15.9 Å². The van der Waals surface area contributed by atoms with Crippen LogP contribution in [0.5, 0.6) is 0 Å². The maximum atomic E-state index is 4.46. The molecular formula is C17H29BrN2. The van der Waals surface area contributed by atoms with Crippen LogP contribution in [0.4, 0.5) is 0 Å². The minimum absolute atomic E-state index is 0.555. The minimum Gasteiger partial charge on any atom is -0.317 e. The van der Waals surface area contributed by atoms with Gasteiger partial charge in [-0.15, -0.1) is 0 Å². The quantitative estimate of drug-likeness (QED) is 0.565. The van der Waals surface area contributed by atoms with E-state index >= 15 is 0 Å². The zero-order valence-electron chi connectivity index (χ0n) is 13.0. The van der Waals surface area contributed by atoms with Gasteiger partial charge >= 0.3 is 0 Å². The van der Waals surface area contributed by atoms with Crippen LogP contribution in [-0.2, 0) is 6.42 Å². The Morgan fingerprint density at radius 3 is 2.40 bits per heavy atom. The molecule has 1 heterocycles. The number of likely N-dealkylation sites (N-methyl/N-ethyl adjacent to an activating group) is 1. The summed E-state index contributed by atoms with van der Waals surface area (Å²) in [6.07, 6.45) is 13.8. The molecule has 0 aliphatic rings. The number of aromatic nitrogens is 1. The molecule has 0 amide bonds. The van der Waals surface area contributed by atoms with Crippen molar-refractivity contribution in [2.45, 2.75) is 70.8 Å². The Bertz CT molecular complexity index is 337. The summed E-state index contributed by atoms with van der Waals surface area (Å²) in [5.41, 5.74) is 1.18. The molecule has 0 aromatic carbocycles. The molecule has 0 aliphatic carbocycles. The van der Waals surface area contributed by atoms with Crippen LogP contribution in [0.1, 0.15) is 64.0 Å². The van der Waals surface area contributed by atoms with E-state index in [1.807, 2.05) is 6.20 Å². The minimum atomic E-state index is 0.555. The van der Waals surface area contributed by atoms with Gasteiger partial charge < -0.3 is 5.32 Å². The van der Waals surface area contributed by atoms with Gasteiger partial charge in [0, 0.05) is 28.8 Å². The Morgan fingerprint density at radius 1 is 1.10 bits per heavy atom. The number of pyridine rings is 1. The van der Waals surface area contributed by atoms with Crippen molar-refractivity contribution in [1.29, 1.82) is 0 Å². The Morgan fingerprint density at radius 2 is 1.80 bits per heavy atom. The average molecular weight is 341 g/mol. The van der Waals surface area contributed by atoms with Gasteiger partial charge in [0.15, 0.2) is 0 Å². The van der Waals surface area contributed by atoms with Crippen LogP contribution >= 0.6 is 15.9 Å². The van der Waals surface area contributed by atoms with E-state index in [0.717, 1.165) is 10.9 Å². The largest absolute Gasteiger partial charge is 0.317 e. The third-order valence-corrected chi connectivity index (χ3v) is 4.28. The molecule has 1 N–H and O–H groups in total. The Labute approximate surface area is 132 Å². The second-order valence-electron chi connectivity index (χ2n) is 5.57. The molecule has 3 heteroatoms. The first kappa shape index (κ1) is 17.6. The number of hydrogen-bond donors (Lipinski definition) is 1. The molecule has 0 spiro atoms. The van der Waals surface area contributed by atoms with E-state index < -0.39 is 0 Å². The lowest BCUT2D eigenvalue weighted by Gasteiger charge is -2.15. The molecule has 2 nitrogen and oxygen atoms in total. The van der Waals surface area contributed by atoms with Crippen LogP contribution in [0, 0.1) is 0 Å². The summed E-state index contributed by atoms with van der Waals surface area (Å²) < 4.78 is 1.05. The number of halogens is 1. The fourth-order valence-corrected chi connectivity index (χ4v) is 2.71. The number of hydrogen-bond acceptors (Lipinski definition) is 2. The molecular weight excluding hydrogens is 312 g/mol. The third-order valence-electron chi connectivity index (χ3n) is 3.81. The van der Waals surface area contributed by atoms with E-state index in [1.165, 1.54) is 57.1 Å². The summed E-state index contributed by atoms with van der Waals surface area (Å²) in [4.78, 5) is 4.46. The highest BCUT2D eigenvalue weighted by atomic mass is 79.9. The van der Waals surface area contributed by atoms with E-state index in [2.05, 4.69) is 52.3 Å². The van der Waals surface area contributed by atoms with Crippen molar-refractivity contribution in [3.63, 3.8) is 0 Å². The van der Waals surface area contributed by atoms with E-state index in [4.69, 9.17) is 0 Å². The Kier molecular flexibility index (Phi) is 9.94. The van der Waals surface area contributed by atoms with Crippen molar-refractivity contribution < 1.29 is 0 Å². The Hall–Kier alpha value is -0.410. The van der Waals surface area contributed by atoms with E-state index in [1.54, 1.807) is 0 Å². The lowest BCUT2D eigenvalue weighted by atomic mass is 10.0. The smallest absolute Gasteiger partial charge is 0.0419 e. The molecule has 1 aromatic heterocycles. The first-order valence-corrected chi connectivity index (χ1v) is 8.83. The predicted octanol–water partition coefficient (Wildman–Crippen LogP) is 5.12. The number of nitrogens with one attached hydrogen (secondary N) is 1. The van der Waals surface area contributed by atoms with Gasteiger partial charge in [0.1, 0.15) is 0 Å². The SMILES string of the molecule is CCCCCCCCCC(Cc1ccc(Br)cn1)NC. The molecule has 1 rings (SSSR count). The molecule has 0 saturated carbocycles.